The SMILES string of the molecule is Cc1cc(Br)ccc1NC(=O)c1cc(NCc2ccco2)ncn1. The number of anilines is 2. The van der Waals surface area contributed by atoms with Crippen molar-refractivity contribution in [2.45, 2.75) is 13.5 Å². The number of carbonyl (C=O) groups is 1. The minimum Gasteiger partial charge on any atom is -0.467 e. The van der Waals surface area contributed by atoms with Gasteiger partial charge in [0.25, 0.3) is 5.91 Å². The molecule has 0 fully saturated rings. The number of rotatable bonds is 5. The van der Waals surface area contributed by atoms with Gasteiger partial charge in [0.1, 0.15) is 23.6 Å². The Labute approximate surface area is 147 Å². The van der Waals surface area contributed by atoms with Gasteiger partial charge in [0, 0.05) is 16.2 Å². The van der Waals surface area contributed by atoms with E-state index in [0.29, 0.717) is 12.4 Å². The van der Waals surface area contributed by atoms with Gasteiger partial charge in [-0.25, -0.2) is 9.97 Å². The lowest BCUT2D eigenvalue weighted by atomic mass is 10.2. The first-order valence-corrected chi connectivity index (χ1v) is 8.07. The normalized spacial score (nSPS) is 10.4. The van der Waals surface area contributed by atoms with E-state index in [1.54, 1.807) is 12.3 Å². The Morgan fingerprint density at radius 3 is 2.88 bits per heavy atom. The van der Waals surface area contributed by atoms with E-state index in [2.05, 4.69) is 36.5 Å². The Balaban J connectivity index is 1.69. The topological polar surface area (TPSA) is 80.0 Å². The van der Waals surface area contributed by atoms with Crippen LogP contribution in [0.5, 0.6) is 0 Å². The largest absolute Gasteiger partial charge is 0.467 e. The predicted octanol–water partition coefficient (Wildman–Crippen LogP) is 4.00. The second kappa shape index (κ2) is 7.27. The van der Waals surface area contributed by atoms with Crippen LogP contribution in [0.15, 0.2) is 57.9 Å². The molecule has 7 heteroatoms. The molecule has 3 aromatic rings. The van der Waals surface area contributed by atoms with E-state index in [1.165, 1.54) is 6.33 Å². The molecular formula is C17H15BrN4O2. The van der Waals surface area contributed by atoms with Crippen LogP contribution in [0, 0.1) is 6.92 Å². The molecule has 3 rings (SSSR count). The zero-order valence-corrected chi connectivity index (χ0v) is 14.5. The number of aryl methyl sites for hydroxylation is 1. The number of amides is 1. The summed E-state index contributed by atoms with van der Waals surface area (Å²) < 4.78 is 6.21. The van der Waals surface area contributed by atoms with Crippen LogP contribution >= 0.6 is 15.9 Å². The summed E-state index contributed by atoms with van der Waals surface area (Å²) in [6.45, 7) is 2.41. The fourth-order valence-corrected chi connectivity index (χ4v) is 2.60. The Bertz CT molecular complexity index is 850. The summed E-state index contributed by atoms with van der Waals surface area (Å²) in [6.07, 6.45) is 2.96. The third-order valence-corrected chi connectivity index (χ3v) is 3.85. The summed E-state index contributed by atoms with van der Waals surface area (Å²) in [6, 6.07) is 10.9. The van der Waals surface area contributed by atoms with Gasteiger partial charge in [-0.05, 0) is 42.8 Å². The zero-order chi connectivity index (χ0) is 16.9. The fraction of sp³-hybridized carbons (Fsp3) is 0.118. The molecule has 0 unspecified atom stereocenters. The van der Waals surface area contributed by atoms with E-state index in [0.717, 1.165) is 21.5 Å². The van der Waals surface area contributed by atoms with Crippen LogP contribution < -0.4 is 10.6 Å². The van der Waals surface area contributed by atoms with Crippen molar-refractivity contribution in [3.8, 4) is 0 Å². The van der Waals surface area contributed by atoms with Crippen LogP contribution in [0.25, 0.3) is 0 Å². The molecule has 1 aromatic carbocycles. The van der Waals surface area contributed by atoms with E-state index in [1.807, 2.05) is 37.3 Å². The van der Waals surface area contributed by atoms with E-state index in [4.69, 9.17) is 4.42 Å². The highest BCUT2D eigenvalue weighted by molar-refractivity contribution is 9.10. The van der Waals surface area contributed by atoms with Crippen molar-refractivity contribution in [1.82, 2.24) is 9.97 Å². The number of hydrogen-bond donors (Lipinski definition) is 2. The molecule has 2 aromatic heterocycles. The summed E-state index contributed by atoms with van der Waals surface area (Å²) >= 11 is 3.40. The fourth-order valence-electron chi connectivity index (χ4n) is 2.12. The number of nitrogens with zero attached hydrogens (tertiary/aromatic N) is 2. The van der Waals surface area contributed by atoms with Gasteiger partial charge >= 0.3 is 0 Å². The van der Waals surface area contributed by atoms with Gasteiger partial charge in [-0.3, -0.25) is 4.79 Å². The molecule has 0 saturated heterocycles. The molecule has 1 amide bonds. The van der Waals surface area contributed by atoms with Crippen molar-refractivity contribution < 1.29 is 9.21 Å². The van der Waals surface area contributed by atoms with Gasteiger partial charge in [0.15, 0.2) is 0 Å². The van der Waals surface area contributed by atoms with Gasteiger partial charge < -0.3 is 15.1 Å². The molecule has 0 bridgehead atoms. The first-order chi connectivity index (χ1) is 11.6. The van der Waals surface area contributed by atoms with Crippen LogP contribution in [0.4, 0.5) is 11.5 Å². The van der Waals surface area contributed by atoms with Crippen molar-refractivity contribution in [1.29, 1.82) is 0 Å². The van der Waals surface area contributed by atoms with Crippen molar-refractivity contribution in [3.63, 3.8) is 0 Å². The van der Waals surface area contributed by atoms with E-state index < -0.39 is 0 Å². The Kier molecular flexibility index (Phi) is 4.90. The minimum atomic E-state index is -0.288. The highest BCUT2D eigenvalue weighted by Gasteiger charge is 2.11. The van der Waals surface area contributed by atoms with Crippen LogP contribution in [0.2, 0.25) is 0 Å². The number of halogens is 1. The van der Waals surface area contributed by atoms with Crippen molar-refractivity contribution in [3.05, 3.63) is 70.5 Å². The molecule has 0 aliphatic rings. The molecule has 0 spiro atoms. The van der Waals surface area contributed by atoms with Gasteiger partial charge in [0.2, 0.25) is 0 Å². The highest BCUT2D eigenvalue weighted by Crippen LogP contribution is 2.20. The molecule has 2 heterocycles. The molecule has 2 N–H and O–H groups in total. The molecule has 0 aliphatic heterocycles. The second-order valence-electron chi connectivity index (χ2n) is 5.13. The monoisotopic (exact) mass is 386 g/mol. The average Bonchev–Trinajstić information content (AvgIpc) is 3.09. The first kappa shape index (κ1) is 16.2. The van der Waals surface area contributed by atoms with E-state index in [-0.39, 0.29) is 11.6 Å². The second-order valence-corrected chi connectivity index (χ2v) is 6.05. The number of carbonyl (C=O) groups excluding carboxylic acids is 1. The lowest BCUT2D eigenvalue weighted by Crippen LogP contribution is -2.15. The maximum Gasteiger partial charge on any atom is 0.274 e. The molecule has 0 radical (unpaired) electrons. The minimum absolute atomic E-state index is 0.286. The van der Waals surface area contributed by atoms with Gasteiger partial charge in [0.05, 0.1) is 12.8 Å². The first-order valence-electron chi connectivity index (χ1n) is 7.27. The predicted molar refractivity (Wildman–Crippen MR) is 94.9 cm³/mol. The molecule has 0 atom stereocenters. The summed E-state index contributed by atoms with van der Waals surface area (Å²) in [5.41, 5.74) is 1.99. The average molecular weight is 387 g/mol. The quantitative estimate of drug-likeness (QED) is 0.692. The molecule has 24 heavy (non-hydrogen) atoms. The molecule has 6 nitrogen and oxygen atoms in total. The molecule has 0 saturated carbocycles. The summed E-state index contributed by atoms with van der Waals surface area (Å²) in [4.78, 5) is 20.5. The van der Waals surface area contributed by atoms with Gasteiger partial charge in [-0.1, -0.05) is 15.9 Å². The van der Waals surface area contributed by atoms with Crippen molar-refractivity contribution >= 4 is 33.3 Å². The van der Waals surface area contributed by atoms with Gasteiger partial charge in [-0.2, -0.15) is 0 Å². The number of benzene rings is 1. The molecule has 0 aliphatic carbocycles. The summed E-state index contributed by atoms with van der Waals surface area (Å²) in [5, 5.41) is 5.95. The van der Waals surface area contributed by atoms with E-state index >= 15 is 0 Å². The molecular weight excluding hydrogens is 372 g/mol. The summed E-state index contributed by atoms with van der Waals surface area (Å²) in [5.74, 6) is 1.05. The van der Waals surface area contributed by atoms with Gasteiger partial charge in [-0.15, -0.1) is 0 Å². The van der Waals surface area contributed by atoms with Crippen LogP contribution in [0.1, 0.15) is 21.8 Å². The Morgan fingerprint density at radius 2 is 2.12 bits per heavy atom. The lowest BCUT2D eigenvalue weighted by molar-refractivity contribution is 0.102. The highest BCUT2D eigenvalue weighted by atomic mass is 79.9. The third kappa shape index (κ3) is 3.99. The van der Waals surface area contributed by atoms with Crippen LogP contribution in [0.3, 0.4) is 0 Å². The molecule has 122 valence electrons. The smallest absolute Gasteiger partial charge is 0.274 e. The zero-order valence-electron chi connectivity index (χ0n) is 12.9. The maximum atomic E-state index is 12.4. The van der Waals surface area contributed by atoms with Crippen LogP contribution in [-0.4, -0.2) is 15.9 Å². The Hall–Kier alpha value is -2.67. The third-order valence-electron chi connectivity index (χ3n) is 3.36. The van der Waals surface area contributed by atoms with Crippen LogP contribution in [-0.2, 0) is 6.54 Å². The van der Waals surface area contributed by atoms with Crippen molar-refractivity contribution in [2.24, 2.45) is 0 Å². The Morgan fingerprint density at radius 1 is 1.25 bits per heavy atom. The number of hydrogen-bond acceptors (Lipinski definition) is 5. The number of furan rings is 1. The number of aromatic nitrogens is 2. The number of nitrogens with one attached hydrogen (secondary N) is 2. The van der Waals surface area contributed by atoms with E-state index in [9.17, 15) is 4.79 Å². The van der Waals surface area contributed by atoms with Crippen molar-refractivity contribution in [2.75, 3.05) is 10.6 Å². The standard InChI is InChI=1S/C17H15BrN4O2/c1-11-7-12(18)4-5-14(11)22-17(23)15-8-16(21-10-20-15)19-9-13-3-2-6-24-13/h2-8,10H,9H2,1H3,(H,22,23)(H,19,20,21). The summed E-state index contributed by atoms with van der Waals surface area (Å²) in [7, 11) is 0. The lowest BCUT2D eigenvalue weighted by Gasteiger charge is -2.09. The maximum absolute atomic E-state index is 12.4.